The van der Waals surface area contributed by atoms with Crippen LogP contribution in [0.15, 0.2) is 182 Å². The summed E-state index contributed by atoms with van der Waals surface area (Å²) in [6, 6.07) is 64.8. The molecule has 2 aliphatic heterocycles. The second-order valence-electron chi connectivity index (χ2n) is 13.6. The first kappa shape index (κ1) is 29.0. The number of para-hydroxylation sites is 3. The molecule has 0 saturated carbocycles. The second-order valence-corrected chi connectivity index (χ2v) is 13.6. The summed E-state index contributed by atoms with van der Waals surface area (Å²) in [5.41, 5.74) is 14.7. The van der Waals surface area contributed by atoms with Gasteiger partial charge in [0.15, 0.2) is 0 Å². The Morgan fingerprint density at radius 1 is 0.385 bits per heavy atom. The zero-order chi connectivity index (χ0) is 34.2. The fourth-order valence-corrected chi connectivity index (χ4v) is 8.22. The summed E-state index contributed by atoms with van der Waals surface area (Å²) < 4.78 is 16.0. The van der Waals surface area contributed by atoms with Crippen LogP contribution in [0, 0.1) is 0 Å². The molecule has 0 unspecified atom stereocenters. The molecule has 1 aromatic heterocycles. The van der Waals surface area contributed by atoms with Crippen LogP contribution in [0.2, 0.25) is 0 Å². The normalized spacial score (nSPS) is 12.5. The van der Waals surface area contributed by atoms with Crippen LogP contribution in [-0.4, -0.2) is 11.5 Å². The summed E-state index contributed by atoms with van der Waals surface area (Å²) in [6.45, 7) is -0.267. The SMILES string of the molecule is c1ccc(-c2ccc(-c3cc4c5c(c3)-c3ccccc3OB5c3ccc(-c5cccc(-n6c7ccccc7c7ccccc76)c5)cc3O4)cc2)cc1. The van der Waals surface area contributed by atoms with Gasteiger partial charge in [0.25, 0.3) is 0 Å². The fraction of sp³-hybridized carbons (Fsp3) is 0. The molecule has 0 spiro atoms. The maximum atomic E-state index is 6.89. The van der Waals surface area contributed by atoms with E-state index >= 15 is 0 Å². The molecule has 0 radical (unpaired) electrons. The standard InChI is InChI=1S/C48H30BNO2/c1-2-11-31(12-3-1)32-21-23-33(24-22-32)36-28-41-40-17-6-9-20-45(40)52-49-42-26-25-35(29-46(42)51-47(30-36)48(41)49)34-13-10-14-37(27-34)50-43-18-7-4-15-38(43)39-16-5-8-19-44(39)50/h1-30H. The van der Waals surface area contributed by atoms with E-state index in [4.69, 9.17) is 9.39 Å². The number of hydrogen-bond donors (Lipinski definition) is 0. The molecular formula is C48H30BNO2. The molecule has 0 fully saturated rings. The van der Waals surface area contributed by atoms with E-state index in [2.05, 4.69) is 180 Å². The minimum absolute atomic E-state index is 0.267. The first-order chi connectivity index (χ1) is 25.8. The Hall–Kier alpha value is -6.78. The van der Waals surface area contributed by atoms with Crippen LogP contribution < -0.4 is 20.3 Å². The van der Waals surface area contributed by atoms with Crippen molar-refractivity contribution in [3.8, 4) is 67.4 Å². The van der Waals surface area contributed by atoms with Crippen LogP contribution in [0.3, 0.4) is 0 Å². The molecule has 0 aliphatic carbocycles. The van der Waals surface area contributed by atoms with Crippen molar-refractivity contribution >= 4 is 39.6 Å². The first-order valence-electron chi connectivity index (χ1n) is 17.8. The third-order valence-corrected chi connectivity index (χ3v) is 10.7. The van der Waals surface area contributed by atoms with Crippen LogP contribution in [-0.2, 0) is 0 Å². The molecule has 0 amide bonds. The van der Waals surface area contributed by atoms with Crippen molar-refractivity contribution in [2.45, 2.75) is 0 Å². The average molecular weight is 664 g/mol. The Morgan fingerprint density at radius 2 is 0.981 bits per heavy atom. The van der Waals surface area contributed by atoms with E-state index < -0.39 is 0 Å². The molecule has 11 rings (SSSR count). The predicted molar refractivity (Wildman–Crippen MR) is 215 cm³/mol. The number of benzene rings is 8. The Balaban J connectivity index is 1.02. The molecule has 0 bridgehead atoms. The number of nitrogens with zero attached hydrogens (tertiary/aromatic N) is 1. The Labute approximate surface area is 302 Å². The van der Waals surface area contributed by atoms with Crippen LogP contribution in [0.1, 0.15) is 0 Å². The van der Waals surface area contributed by atoms with E-state index in [1.54, 1.807) is 0 Å². The highest BCUT2D eigenvalue weighted by Gasteiger charge is 2.41. The summed E-state index contributed by atoms with van der Waals surface area (Å²) in [6.07, 6.45) is 0. The molecule has 9 aromatic rings. The van der Waals surface area contributed by atoms with Gasteiger partial charge >= 0.3 is 6.92 Å². The molecule has 0 atom stereocenters. The second kappa shape index (κ2) is 11.4. The van der Waals surface area contributed by atoms with Crippen LogP contribution in [0.4, 0.5) is 0 Å². The van der Waals surface area contributed by atoms with Gasteiger partial charge in [-0.25, -0.2) is 0 Å². The van der Waals surface area contributed by atoms with Crippen LogP contribution in [0.25, 0.3) is 72.0 Å². The van der Waals surface area contributed by atoms with E-state index in [1.807, 2.05) is 6.07 Å². The first-order valence-corrected chi connectivity index (χ1v) is 17.8. The monoisotopic (exact) mass is 663 g/mol. The van der Waals surface area contributed by atoms with Gasteiger partial charge in [-0.3, -0.25) is 0 Å². The molecule has 8 aromatic carbocycles. The van der Waals surface area contributed by atoms with Gasteiger partial charge in [0.2, 0.25) is 0 Å². The zero-order valence-corrected chi connectivity index (χ0v) is 28.2. The van der Waals surface area contributed by atoms with Gasteiger partial charge in [-0.05, 0) is 87.5 Å². The quantitative estimate of drug-likeness (QED) is 0.175. The van der Waals surface area contributed by atoms with Crippen LogP contribution in [0.5, 0.6) is 17.2 Å². The highest BCUT2D eigenvalue weighted by Crippen LogP contribution is 2.42. The summed E-state index contributed by atoms with van der Waals surface area (Å²) in [5, 5.41) is 2.51. The lowest BCUT2D eigenvalue weighted by Crippen LogP contribution is -2.53. The number of aromatic nitrogens is 1. The van der Waals surface area contributed by atoms with E-state index in [0.717, 1.165) is 67.2 Å². The van der Waals surface area contributed by atoms with Gasteiger partial charge in [0.1, 0.15) is 17.2 Å². The summed E-state index contributed by atoms with van der Waals surface area (Å²) >= 11 is 0. The number of ether oxygens (including phenoxy) is 1. The lowest BCUT2D eigenvalue weighted by molar-refractivity contribution is 0.480. The minimum Gasteiger partial charge on any atom is -0.551 e. The third-order valence-electron chi connectivity index (χ3n) is 10.7. The number of rotatable bonds is 4. The van der Waals surface area contributed by atoms with E-state index in [-0.39, 0.29) is 6.92 Å². The van der Waals surface area contributed by atoms with Crippen molar-refractivity contribution < 1.29 is 9.39 Å². The Bertz CT molecular complexity index is 2800. The van der Waals surface area contributed by atoms with Gasteiger partial charge in [0.05, 0.1) is 11.0 Å². The molecule has 3 nitrogen and oxygen atoms in total. The number of fused-ring (bicyclic) bond motifs is 7. The maximum absolute atomic E-state index is 6.89. The molecule has 3 heterocycles. The van der Waals surface area contributed by atoms with Gasteiger partial charge in [0, 0.05) is 32.9 Å². The van der Waals surface area contributed by atoms with Crippen molar-refractivity contribution in [2.24, 2.45) is 0 Å². The molecular weight excluding hydrogens is 633 g/mol. The van der Waals surface area contributed by atoms with Crippen molar-refractivity contribution in [3.63, 3.8) is 0 Å². The van der Waals surface area contributed by atoms with E-state index in [9.17, 15) is 0 Å². The fourth-order valence-electron chi connectivity index (χ4n) is 8.22. The van der Waals surface area contributed by atoms with E-state index in [0.29, 0.717) is 0 Å². The lowest BCUT2D eigenvalue weighted by atomic mass is 9.50. The summed E-state index contributed by atoms with van der Waals surface area (Å²) in [4.78, 5) is 0. The van der Waals surface area contributed by atoms with Gasteiger partial charge in [-0.1, -0.05) is 133 Å². The molecule has 2 aliphatic rings. The molecule has 0 N–H and O–H groups in total. The minimum atomic E-state index is -0.267. The molecule has 242 valence electrons. The van der Waals surface area contributed by atoms with Crippen molar-refractivity contribution in [3.05, 3.63) is 182 Å². The van der Waals surface area contributed by atoms with Crippen molar-refractivity contribution in [1.29, 1.82) is 0 Å². The van der Waals surface area contributed by atoms with Crippen molar-refractivity contribution in [2.75, 3.05) is 0 Å². The Kier molecular flexibility index (Phi) is 6.35. The maximum Gasteiger partial charge on any atom is 0.434 e. The topological polar surface area (TPSA) is 23.4 Å². The highest BCUT2D eigenvalue weighted by molar-refractivity contribution is 6.84. The zero-order valence-electron chi connectivity index (χ0n) is 28.2. The van der Waals surface area contributed by atoms with Gasteiger partial charge < -0.3 is 14.0 Å². The van der Waals surface area contributed by atoms with E-state index in [1.165, 1.54) is 32.9 Å². The van der Waals surface area contributed by atoms with Gasteiger partial charge in [-0.2, -0.15) is 0 Å². The Morgan fingerprint density at radius 3 is 1.77 bits per heavy atom. The molecule has 0 saturated heterocycles. The summed E-state index contributed by atoms with van der Waals surface area (Å²) in [5.74, 6) is 2.54. The largest absolute Gasteiger partial charge is 0.551 e. The van der Waals surface area contributed by atoms with Crippen LogP contribution >= 0.6 is 0 Å². The lowest BCUT2D eigenvalue weighted by Gasteiger charge is -2.33. The van der Waals surface area contributed by atoms with Crippen molar-refractivity contribution in [1.82, 2.24) is 4.57 Å². The molecule has 4 heteroatoms. The third kappa shape index (κ3) is 4.48. The average Bonchev–Trinajstić information content (AvgIpc) is 3.55. The smallest absolute Gasteiger partial charge is 0.434 e. The van der Waals surface area contributed by atoms with Gasteiger partial charge in [-0.15, -0.1) is 0 Å². The number of hydrogen-bond acceptors (Lipinski definition) is 2. The molecule has 52 heavy (non-hydrogen) atoms. The summed E-state index contributed by atoms with van der Waals surface area (Å²) in [7, 11) is 0. The predicted octanol–water partition coefficient (Wildman–Crippen LogP) is 11.1. The highest BCUT2D eigenvalue weighted by atomic mass is 16.5.